The van der Waals surface area contributed by atoms with E-state index in [0.717, 1.165) is 30.4 Å². The fraction of sp³-hybridized carbons (Fsp3) is 0.520. The summed E-state index contributed by atoms with van der Waals surface area (Å²) in [5.74, 6) is 2.62. The number of rotatable bonds is 17. The minimum absolute atomic E-state index is 0.0833. The topological polar surface area (TPSA) is 118 Å². The van der Waals surface area contributed by atoms with Gasteiger partial charge in [0.15, 0.2) is 23.0 Å². The summed E-state index contributed by atoms with van der Waals surface area (Å²) in [6.07, 6.45) is 2.65. The van der Waals surface area contributed by atoms with Gasteiger partial charge in [-0.05, 0) is 60.6 Å². The molecule has 8 nitrogen and oxygen atoms in total. The Balaban J connectivity index is 1.99. The zero-order valence-corrected chi connectivity index (χ0v) is 19.2. The second-order valence-corrected chi connectivity index (χ2v) is 7.70. The molecule has 0 radical (unpaired) electrons. The van der Waals surface area contributed by atoms with Crippen LogP contribution < -0.4 is 18.9 Å². The van der Waals surface area contributed by atoms with Gasteiger partial charge in [-0.25, -0.2) is 0 Å². The molecule has 33 heavy (non-hydrogen) atoms. The summed E-state index contributed by atoms with van der Waals surface area (Å²) in [5.41, 5.74) is 2.21. The number of aliphatic hydroxyl groups is 4. The number of aliphatic hydroxyl groups excluding tert-OH is 4. The van der Waals surface area contributed by atoms with Crippen molar-refractivity contribution < 1.29 is 39.4 Å². The second kappa shape index (κ2) is 15.3. The maximum absolute atomic E-state index is 9.07. The maximum atomic E-state index is 9.07. The van der Waals surface area contributed by atoms with E-state index >= 15 is 0 Å². The Labute approximate surface area is 195 Å². The Morgan fingerprint density at radius 3 is 1.52 bits per heavy atom. The quantitative estimate of drug-likeness (QED) is 0.281. The third-order valence-corrected chi connectivity index (χ3v) is 4.92. The van der Waals surface area contributed by atoms with Crippen LogP contribution >= 0.6 is 0 Å². The van der Waals surface area contributed by atoms with Gasteiger partial charge in [-0.2, -0.15) is 0 Å². The summed E-state index contributed by atoms with van der Waals surface area (Å²) in [4.78, 5) is 0. The molecule has 0 aliphatic carbocycles. The highest BCUT2D eigenvalue weighted by Gasteiger charge is 2.12. The standard InChI is InChI=1S/C25H36O8/c1-19(16-21-5-7-23(31-13-9-27)25(18-21)33-15-11-29)2-3-20-4-6-22(30-12-8-26)24(17-20)32-14-10-28/h4-7,17-19,26-29H,2-3,8-16H2,1H3. The molecule has 1 atom stereocenters. The average Bonchev–Trinajstić information content (AvgIpc) is 2.83. The lowest BCUT2D eigenvalue weighted by atomic mass is 9.94. The van der Waals surface area contributed by atoms with Crippen molar-refractivity contribution >= 4 is 0 Å². The molecule has 0 saturated carbocycles. The zero-order chi connectivity index (χ0) is 23.9. The molecule has 184 valence electrons. The van der Waals surface area contributed by atoms with E-state index in [2.05, 4.69) is 6.92 Å². The lowest BCUT2D eigenvalue weighted by Gasteiger charge is -2.16. The fourth-order valence-corrected chi connectivity index (χ4v) is 3.39. The summed E-state index contributed by atoms with van der Waals surface area (Å²) in [6, 6.07) is 11.5. The molecule has 0 fully saturated rings. The minimum atomic E-state index is -0.0894. The molecule has 4 N–H and O–H groups in total. The third-order valence-electron chi connectivity index (χ3n) is 4.92. The van der Waals surface area contributed by atoms with Crippen molar-refractivity contribution in [1.82, 2.24) is 0 Å². The van der Waals surface area contributed by atoms with Gasteiger partial charge in [-0.3, -0.25) is 0 Å². The predicted octanol–water partition coefficient (Wildman–Crippen LogP) is 1.98. The van der Waals surface area contributed by atoms with Crippen LogP contribution in [-0.2, 0) is 12.8 Å². The van der Waals surface area contributed by atoms with Gasteiger partial charge in [0, 0.05) is 0 Å². The van der Waals surface area contributed by atoms with Crippen molar-refractivity contribution in [3.63, 3.8) is 0 Å². The lowest BCUT2D eigenvalue weighted by molar-refractivity contribution is 0.178. The Kier molecular flexibility index (Phi) is 12.4. The van der Waals surface area contributed by atoms with Crippen LogP contribution in [0.5, 0.6) is 23.0 Å². The van der Waals surface area contributed by atoms with E-state index in [4.69, 9.17) is 39.4 Å². The van der Waals surface area contributed by atoms with Crippen molar-refractivity contribution in [2.24, 2.45) is 5.92 Å². The first-order chi connectivity index (χ1) is 16.1. The molecule has 0 aliphatic heterocycles. The van der Waals surface area contributed by atoms with Crippen molar-refractivity contribution in [2.45, 2.75) is 26.2 Å². The summed E-state index contributed by atoms with van der Waals surface area (Å²) in [5, 5.41) is 36.1. The first-order valence-electron chi connectivity index (χ1n) is 11.3. The third kappa shape index (κ3) is 9.47. The van der Waals surface area contributed by atoms with Gasteiger partial charge in [0.2, 0.25) is 0 Å². The van der Waals surface area contributed by atoms with Gasteiger partial charge in [-0.15, -0.1) is 0 Å². The molecule has 0 saturated heterocycles. The fourth-order valence-electron chi connectivity index (χ4n) is 3.39. The van der Waals surface area contributed by atoms with E-state index in [0.29, 0.717) is 28.9 Å². The molecule has 0 bridgehead atoms. The van der Waals surface area contributed by atoms with E-state index in [-0.39, 0.29) is 52.9 Å². The molecule has 0 aliphatic rings. The maximum Gasteiger partial charge on any atom is 0.161 e. The van der Waals surface area contributed by atoms with Gasteiger partial charge in [0.1, 0.15) is 26.4 Å². The van der Waals surface area contributed by atoms with Crippen LogP contribution in [0.1, 0.15) is 24.5 Å². The molecule has 2 aromatic carbocycles. The Bertz CT molecular complexity index is 811. The van der Waals surface area contributed by atoms with Gasteiger partial charge in [0.05, 0.1) is 26.4 Å². The number of benzene rings is 2. The smallest absolute Gasteiger partial charge is 0.161 e. The SMILES string of the molecule is CC(CCc1ccc(OCCO)c(OCCO)c1)Cc1ccc(OCCO)c(OCCO)c1. The van der Waals surface area contributed by atoms with Crippen LogP contribution in [0.4, 0.5) is 0 Å². The number of hydrogen-bond donors (Lipinski definition) is 4. The molecule has 2 aromatic rings. The number of aryl methyl sites for hydroxylation is 1. The second-order valence-electron chi connectivity index (χ2n) is 7.70. The lowest BCUT2D eigenvalue weighted by Crippen LogP contribution is -2.08. The van der Waals surface area contributed by atoms with Crippen molar-refractivity contribution in [1.29, 1.82) is 0 Å². The van der Waals surface area contributed by atoms with Crippen LogP contribution in [0.15, 0.2) is 36.4 Å². The molecule has 0 aromatic heterocycles. The van der Waals surface area contributed by atoms with Gasteiger partial charge < -0.3 is 39.4 Å². The summed E-state index contributed by atoms with van der Waals surface area (Å²) < 4.78 is 22.2. The Morgan fingerprint density at radius 1 is 0.606 bits per heavy atom. The minimum Gasteiger partial charge on any atom is -0.487 e. The van der Waals surface area contributed by atoms with Gasteiger partial charge >= 0.3 is 0 Å². The number of ether oxygens (including phenoxy) is 4. The van der Waals surface area contributed by atoms with Gasteiger partial charge in [-0.1, -0.05) is 19.1 Å². The van der Waals surface area contributed by atoms with E-state index in [1.807, 2.05) is 36.4 Å². The molecule has 0 amide bonds. The molecular formula is C25H36O8. The summed E-state index contributed by atoms with van der Waals surface area (Å²) in [6.45, 7) is 2.55. The molecular weight excluding hydrogens is 428 g/mol. The average molecular weight is 465 g/mol. The Morgan fingerprint density at radius 2 is 1.03 bits per heavy atom. The first kappa shape index (κ1) is 26.7. The monoisotopic (exact) mass is 464 g/mol. The highest BCUT2D eigenvalue weighted by molar-refractivity contribution is 5.44. The van der Waals surface area contributed by atoms with Crippen LogP contribution in [0.2, 0.25) is 0 Å². The molecule has 1 unspecified atom stereocenters. The van der Waals surface area contributed by atoms with Crippen molar-refractivity contribution in [2.75, 3.05) is 52.9 Å². The highest BCUT2D eigenvalue weighted by atomic mass is 16.5. The summed E-state index contributed by atoms with van der Waals surface area (Å²) in [7, 11) is 0. The Hall–Kier alpha value is -2.52. The first-order valence-corrected chi connectivity index (χ1v) is 11.3. The van der Waals surface area contributed by atoms with Crippen LogP contribution in [-0.4, -0.2) is 73.3 Å². The number of hydrogen-bond acceptors (Lipinski definition) is 8. The van der Waals surface area contributed by atoms with E-state index < -0.39 is 0 Å². The van der Waals surface area contributed by atoms with Crippen LogP contribution in [0, 0.1) is 5.92 Å². The summed E-state index contributed by atoms with van der Waals surface area (Å²) >= 11 is 0. The highest BCUT2D eigenvalue weighted by Crippen LogP contribution is 2.31. The normalized spacial score (nSPS) is 11.8. The van der Waals surface area contributed by atoms with Gasteiger partial charge in [0.25, 0.3) is 0 Å². The van der Waals surface area contributed by atoms with E-state index in [1.165, 1.54) is 0 Å². The molecule has 2 rings (SSSR count). The van der Waals surface area contributed by atoms with Crippen LogP contribution in [0.25, 0.3) is 0 Å². The largest absolute Gasteiger partial charge is 0.487 e. The van der Waals surface area contributed by atoms with Crippen molar-refractivity contribution in [3.8, 4) is 23.0 Å². The predicted molar refractivity (Wildman–Crippen MR) is 124 cm³/mol. The molecule has 8 heteroatoms. The molecule has 0 heterocycles. The zero-order valence-electron chi connectivity index (χ0n) is 19.2. The van der Waals surface area contributed by atoms with Crippen LogP contribution in [0.3, 0.4) is 0 Å². The molecule has 0 spiro atoms. The van der Waals surface area contributed by atoms with E-state index in [1.54, 1.807) is 0 Å². The van der Waals surface area contributed by atoms with Crippen molar-refractivity contribution in [3.05, 3.63) is 47.5 Å². The van der Waals surface area contributed by atoms with E-state index in [9.17, 15) is 0 Å².